The fourth-order valence-corrected chi connectivity index (χ4v) is 4.37. The van der Waals surface area contributed by atoms with Crippen LogP contribution in [0.3, 0.4) is 0 Å². The van der Waals surface area contributed by atoms with Gasteiger partial charge in [0, 0.05) is 5.38 Å². The number of alkyl halides is 1. The van der Waals surface area contributed by atoms with Crippen LogP contribution >= 0.6 is 22.9 Å². The van der Waals surface area contributed by atoms with Crippen molar-refractivity contribution in [3.63, 3.8) is 0 Å². The van der Waals surface area contributed by atoms with Crippen molar-refractivity contribution in [2.24, 2.45) is 5.16 Å². The van der Waals surface area contributed by atoms with Crippen molar-refractivity contribution in [1.82, 2.24) is 29.6 Å². The molecule has 0 aliphatic carbocycles. The lowest BCUT2D eigenvalue weighted by molar-refractivity contribution is -0.149. The second-order valence-corrected chi connectivity index (χ2v) is 9.06. The van der Waals surface area contributed by atoms with Crippen molar-refractivity contribution in [1.29, 1.82) is 0 Å². The third kappa shape index (κ3) is 6.30. The van der Waals surface area contributed by atoms with Gasteiger partial charge in [-0.15, -0.1) is 28.0 Å². The average Bonchev–Trinajstić information content (AvgIpc) is 3.47. The number of esters is 1. The molecule has 2 aromatic heterocycles. The van der Waals surface area contributed by atoms with Gasteiger partial charge >= 0.3 is 16.3 Å². The SMILES string of the molecule is CCOC(=O)c1cn([C@H]2[C@H](NC(=O)C=NOCc3csc(NC(=O)CCl)n3)C(=O)N2S(=O)(=O)O)nn1. The third-order valence-electron chi connectivity index (χ3n) is 4.21. The van der Waals surface area contributed by atoms with E-state index >= 15 is 0 Å². The van der Waals surface area contributed by atoms with Crippen LogP contribution in [0.4, 0.5) is 5.13 Å². The maximum atomic E-state index is 12.3. The van der Waals surface area contributed by atoms with E-state index in [-0.39, 0.29) is 34.2 Å². The molecule has 0 radical (unpaired) electrons. The minimum atomic E-state index is -5.03. The molecular weight excluding hydrogens is 548 g/mol. The van der Waals surface area contributed by atoms with Gasteiger partial charge in [-0.1, -0.05) is 10.4 Å². The molecule has 2 aromatic rings. The maximum Gasteiger partial charge on any atom is 0.364 e. The van der Waals surface area contributed by atoms with Crippen molar-refractivity contribution < 1.29 is 41.7 Å². The smallest absolute Gasteiger partial charge is 0.364 e. The van der Waals surface area contributed by atoms with Crippen LogP contribution in [-0.2, 0) is 40.9 Å². The minimum Gasteiger partial charge on any atom is -0.461 e. The Labute approximate surface area is 211 Å². The van der Waals surface area contributed by atoms with Crippen LogP contribution in [0.1, 0.15) is 29.3 Å². The summed E-state index contributed by atoms with van der Waals surface area (Å²) in [5.74, 6) is -3.65. The van der Waals surface area contributed by atoms with Crippen LogP contribution in [-0.4, -0.2) is 85.7 Å². The molecule has 0 saturated carbocycles. The normalized spacial score (nSPS) is 17.5. The summed E-state index contributed by atoms with van der Waals surface area (Å²) in [4.78, 5) is 56.5. The molecule has 1 fully saturated rings. The third-order valence-corrected chi connectivity index (χ3v) is 6.15. The Morgan fingerprint density at radius 1 is 1.39 bits per heavy atom. The predicted molar refractivity (Wildman–Crippen MR) is 120 cm³/mol. The number of amides is 3. The van der Waals surface area contributed by atoms with Gasteiger partial charge in [-0.25, -0.2) is 14.5 Å². The summed E-state index contributed by atoms with van der Waals surface area (Å²) in [5.41, 5.74) is 0.1000. The first-order chi connectivity index (χ1) is 17.0. The monoisotopic (exact) mass is 564 g/mol. The van der Waals surface area contributed by atoms with E-state index in [9.17, 15) is 32.1 Å². The quantitative estimate of drug-likeness (QED) is 0.0739. The van der Waals surface area contributed by atoms with Crippen molar-refractivity contribution in [2.45, 2.75) is 25.7 Å². The van der Waals surface area contributed by atoms with Crippen molar-refractivity contribution >= 4 is 68.3 Å². The Kier molecular flexibility index (Phi) is 8.50. The number of aromatic nitrogens is 4. The molecule has 36 heavy (non-hydrogen) atoms. The highest BCUT2D eigenvalue weighted by atomic mass is 35.5. The first-order valence-electron chi connectivity index (χ1n) is 9.70. The molecule has 0 aromatic carbocycles. The topological polar surface area (TPSA) is 224 Å². The molecule has 3 rings (SSSR count). The molecule has 3 heterocycles. The number of thiazole rings is 1. The Morgan fingerprint density at radius 3 is 2.81 bits per heavy atom. The lowest BCUT2D eigenvalue weighted by atomic mass is 10.1. The highest BCUT2D eigenvalue weighted by molar-refractivity contribution is 7.84. The molecule has 3 amide bonds. The summed E-state index contributed by atoms with van der Waals surface area (Å²) < 4.78 is 38.2. The average molecular weight is 565 g/mol. The van der Waals surface area contributed by atoms with Gasteiger partial charge in [0.15, 0.2) is 29.6 Å². The number of β-lactam (4-membered cyclic amide) rings is 1. The molecule has 1 aliphatic rings. The second kappa shape index (κ2) is 11.4. The number of nitrogens with one attached hydrogen (secondary N) is 2. The van der Waals surface area contributed by atoms with E-state index in [2.05, 4.69) is 31.1 Å². The van der Waals surface area contributed by atoms with E-state index in [0.717, 1.165) is 22.2 Å². The first-order valence-corrected chi connectivity index (χ1v) is 12.5. The number of nitrogens with zero attached hydrogens (tertiary/aromatic N) is 6. The predicted octanol–water partition coefficient (Wildman–Crippen LogP) is -1.08. The summed E-state index contributed by atoms with van der Waals surface area (Å²) >= 11 is 6.51. The molecule has 194 valence electrons. The zero-order valence-corrected chi connectivity index (χ0v) is 20.5. The zero-order chi connectivity index (χ0) is 26.5. The van der Waals surface area contributed by atoms with Crippen molar-refractivity contribution in [3.05, 3.63) is 23.0 Å². The van der Waals surface area contributed by atoms with E-state index in [1.165, 1.54) is 0 Å². The lowest BCUT2D eigenvalue weighted by Crippen LogP contribution is -2.68. The maximum absolute atomic E-state index is 12.3. The van der Waals surface area contributed by atoms with Crippen LogP contribution in [0.5, 0.6) is 0 Å². The zero-order valence-electron chi connectivity index (χ0n) is 18.1. The number of ether oxygens (including phenoxy) is 1. The van der Waals surface area contributed by atoms with Crippen molar-refractivity contribution in [3.8, 4) is 0 Å². The number of hydrogen-bond donors (Lipinski definition) is 3. The van der Waals surface area contributed by atoms with Crippen molar-refractivity contribution in [2.75, 3.05) is 17.8 Å². The molecule has 20 heteroatoms. The van der Waals surface area contributed by atoms with E-state index in [0.29, 0.717) is 11.9 Å². The summed E-state index contributed by atoms with van der Waals surface area (Å²) in [6.07, 6.45) is 0.105. The fraction of sp³-hybridized carbons (Fsp3) is 0.375. The van der Waals surface area contributed by atoms with E-state index in [1.807, 2.05) is 0 Å². The molecule has 17 nitrogen and oxygen atoms in total. The second-order valence-electron chi connectivity index (χ2n) is 6.65. The van der Waals surface area contributed by atoms with Gasteiger partial charge in [-0.2, -0.15) is 12.7 Å². The van der Waals surface area contributed by atoms with Gasteiger partial charge in [-0.05, 0) is 6.92 Å². The van der Waals surface area contributed by atoms with Crippen LogP contribution in [0.25, 0.3) is 0 Å². The molecule has 2 atom stereocenters. The molecule has 0 unspecified atom stereocenters. The van der Waals surface area contributed by atoms with Gasteiger partial charge < -0.3 is 20.2 Å². The Morgan fingerprint density at radius 2 is 2.14 bits per heavy atom. The lowest BCUT2D eigenvalue weighted by Gasteiger charge is -2.43. The largest absolute Gasteiger partial charge is 0.461 e. The summed E-state index contributed by atoms with van der Waals surface area (Å²) in [6.45, 7) is 1.44. The highest BCUT2D eigenvalue weighted by Gasteiger charge is 2.56. The van der Waals surface area contributed by atoms with Crippen LogP contribution in [0.2, 0.25) is 0 Å². The number of hydrogen-bond acceptors (Lipinski definition) is 13. The number of oxime groups is 1. The van der Waals surface area contributed by atoms with E-state index in [4.69, 9.17) is 21.2 Å². The summed E-state index contributed by atoms with van der Waals surface area (Å²) in [6, 6.07) is -1.51. The first kappa shape index (κ1) is 26.9. The highest BCUT2D eigenvalue weighted by Crippen LogP contribution is 2.32. The summed E-state index contributed by atoms with van der Waals surface area (Å²) in [7, 11) is -5.03. The van der Waals surface area contributed by atoms with E-state index < -0.39 is 46.2 Å². The number of anilines is 1. The van der Waals surface area contributed by atoms with Crippen LogP contribution in [0, 0.1) is 0 Å². The number of halogens is 1. The van der Waals surface area contributed by atoms with Gasteiger partial charge in [0.1, 0.15) is 12.1 Å². The number of rotatable bonds is 11. The van der Waals surface area contributed by atoms with Gasteiger partial charge in [0.25, 0.3) is 11.8 Å². The minimum absolute atomic E-state index is 0.0407. The standard InChI is InChI=1S/C16H17ClN8O9S2/c1-2-33-15(29)9-5-24(23-22-9)13-12(14(28)25(13)36(30,31)32)20-11(27)4-18-34-6-8-7-35-16(19-8)21-10(26)3-17/h4-5,7,12-13H,2-3,6H2,1H3,(H,20,27)(H,19,21,26)(H,30,31,32)/t12-,13+/m0/s1. The Bertz CT molecular complexity index is 1290. The Hall–Kier alpha value is -3.68. The van der Waals surface area contributed by atoms with Crippen LogP contribution < -0.4 is 10.6 Å². The van der Waals surface area contributed by atoms with Crippen LogP contribution in [0.15, 0.2) is 16.7 Å². The van der Waals surface area contributed by atoms with Gasteiger partial charge in [0.2, 0.25) is 5.91 Å². The van der Waals surface area contributed by atoms with Gasteiger partial charge in [0.05, 0.1) is 18.5 Å². The summed E-state index contributed by atoms with van der Waals surface area (Å²) in [5, 5.41) is 17.1. The number of carbonyl (C=O) groups is 4. The molecule has 1 saturated heterocycles. The molecule has 3 N–H and O–H groups in total. The number of carbonyl (C=O) groups excluding carboxylic acids is 4. The molecular formula is C16H17ClN8O9S2. The van der Waals surface area contributed by atoms with E-state index in [1.54, 1.807) is 12.3 Å². The molecule has 1 aliphatic heterocycles. The fourth-order valence-electron chi connectivity index (χ4n) is 2.76. The molecule has 0 spiro atoms. The Balaban J connectivity index is 1.61. The van der Waals surface area contributed by atoms with Gasteiger partial charge in [-0.3, -0.25) is 18.9 Å². The molecule has 0 bridgehead atoms.